The van der Waals surface area contributed by atoms with Gasteiger partial charge in [0.25, 0.3) is 0 Å². The van der Waals surface area contributed by atoms with E-state index in [0.717, 1.165) is 32.0 Å². The van der Waals surface area contributed by atoms with Crippen LogP contribution in [0.1, 0.15) is 50.1 Å². The van der Waals surface area contributed by atoms with E-state index < -0.39 is 5.82 Å². The largest absolute Gasteiger partial charge is 0.369 e. The van der Waals surface area contributed by atoms with Crippen molar-refractivity contribution >= 4 is 51.9 Å². The van der Waals surface area contributed by atoms with Crippen molar-refractivity contribution in [1.82, 2.24) is 19.5 Å². The molecule has 0 unspecified atom stereocenters. The highest BCUT2D eigenvalue weighted by Gasteiger charge is 2.30. The lowest BCUT2D eigenvalue weighted by Crippen LogP contribution is -2.42. The van der Waals surface area contributed by atoms with Crippen LogP contribution in [0.4, 0.5) is 27.7 Å². The number of amides is 1. The van der Waals surface area contributed by atoms with Crippen molar-refractivity contribution in [3.05, 3.63) is 65.1 Å². The Morgan fingerprint density at radius 2 is 1.90 bits per heavy atom. The molecule has 0 radical (unpaired) electrons. The van der Waals surface area contributed by atoms with Gasteiger partial charge in [0.1, 0.15) is 11.3 Å². The molecule has 1 saturated carbocycles. The average molecular weight is 588 g/mol. The molecule has 216 valence electrons. The summed E-state index contributed by atoms with van der Waals surface area (Å²) in [6, 6.07) is 14.9. The fourth-order valence-corrected chi connectivity index (χ4v) is 6.29. The first-order chi connectivity index (χ1) is 20.4. The third-order valence-electron chi connectivity index (χ3n) is 8.18. The number of nitriles is 1. The van der Waals surface area contributed by atoms with E-state index >= 15 is 4.39 Å². The third kappa shape index (κ3) is 5.67. The lowest BCUT2D eigenvalue weighted by Gasteiger charge is -2.34. The minimum absolute atomic E-state index is 0.0209. The number of nitrogens with zero attached hydrogens (tertiary/aromatic N) is 6. The van der Waals surface area contributed by atoms with Gasteiger partial charge in [0.05, 0.1) is 28.5 Å². The predicted molar refractivity (Wildman–Crippen MR) is 160 cm³/mol. The highest BCUT2D eigenvalue weighted by atomic mass is 35.5. The summed E-state index contributed by atoms with van der Waals surface area (Å²) in [5.41, 5.74) is 8.05. The van der Waals surface area contributed by atoms with Crippen molar-refractivity contribution < 1.29 is 9.18 Å². The van der Waals surface area contributed by atoms with Crippen LogP contribution >= 0.6 is 11.6 Å². The Hall–Kier alpha value is -4.43. The number of aromatic nitrogens is 4. The molecule has 1 saturated heterocycles. The number of nitrogens with one attached hydrogen (secondary N) is 2. The normalized spacial score (nSPS) is 20.7. The van der Waals surface area contributed by atoms with Crippen LogP contribution in [0.15, 0.2) is 48.7 Å². The molecule has 2 fully saturated rings. The van der Waals surface area contributed by atoms with Crippen LogP contribution in [0, 0.1) is 23.1 Å². The van der Waals surface area contributed by atoms with E-state index in [-0.39, 0.29) is 40.2 Å². The van der Waals surface area contributed by atoms with Crippen LogP contribution in [0.5, 0.6) is 0 Å². The molecule has 3 heterocycles. The van der Waals surface area contributed by atoms with E-state index in [2.05, 4.69) is 32.7 Å². The fourth-order valence-electron chi connectivity index (χ4n) is 6.03. The van der Waals surface area contributed by atoms with Gasteiger partial charge < -0.3 is 21.3 Å². The Morgan fingerprint density at radius 1 is 1.12 bits per heavy atom. The van der Waals surface area contributed by atoms with Gasteiger partial charge in [-0.1, -0.05) is 29.8 Å². The topological polar surface area (TPSA) is 138 Å². The van der Waals surface area contributed by atoms with Gasteiger partial charge in [-0.25, -0.2) is 14.4 Å². The highest BCUT2D eigenvalue weighted by molar-refractivity contribution is 6.33. The second-order valence-electron chi connectivity index (χ2n) is 10.9. The van der Waals surface area contributed by atoms with Gasteiger partial charge in [-0.3, -0.25) is 9.36 Å². The monoisotopic (exact) mass is 587 g/mol. The number of hydrogen-bond donors (Lipinski definition) is 3. The zero-order chi connectivity index (χ0) is 29.2. The predicted octanol–water partition coefficient (Wildman–Crippen LogP) is 5.53. The molecule has 2 aromatic carbocycles. The number of imidazole rings is 1. The summed E-state index contributed by atoms with van der Waals surface area (Å²) in [5.74, 6) is -0.284. The van der Waals surface area contributed by atoms with Crippen LogP contribution in [-0.4, -0.2) is 44.6 Å². The van der Waals surface area contributed by atoms with Gasteiger partial charge >= 0.3 is 0 Å². The maximum Gasteiger partial charge on any atom is 0.225 e. The van der Waals surface area contributed by atoms with Gasteiger partial charge in [0.15, 0.2) is 5.65 Å². The van der Waals surface area contributed by atoms with E-state index in [1.165, 1.54) is 11.8 Å². The number of anilines is 4. The number of carbonyl (C=O) groups excluding carboxylic acids is 1. The van der Waals surface area contributed by atoms with Crippen molar-refractivity contribution in [2.75, 3.05) is 28.6 Å². The molecule has 12 heteroatoms. The summed E-state index contributed by atoms with van der Waals surface area (Å²) < 4.78 is 17.0. The van der Waals surface area contributed by atoms with Gasteiger partial charge in [0, 0.05) is 36.8 Å². The molecule has 1 aliphatic carbocycles. The number of hydrogen-bond acceptors (Lipinski definition) is 8. The average Bonchev–Trinajstić information content (AvgIpc) is 3.36. The second-order valence-corrected chi connectivity index (χ2v) is 11.3. The lowest BCUT2D eigenvalue weighted by atomic mass is 9.85. The van der Waals surface area contributed by atoms with Crippen LogP contribution in [0.3, 0.4) is 0 Å². The minimum Gasteiger partial charge on any atom is -0.369 e. The Labute approximate surface area is 247 Å². The summed E-state index contributed by atoms with van der Waals surface area (Å²) >= 11 is 6.36. The zero-order valence-electron chi connectivity index (χ0n) is 22.9. The third-order valence-corrected chi connectivity index (χ3v) is 8.48. The standard InChI is InChI=1S/C30H31ClFN9O/c31-23-13-18(15-33)14-24(32)26(23)38-30-37-25-16-35-29(36-20-5-4-12-40(17-20)21-6-2-1-3-7-21)39-28(25)41(30)22-10-8-19(9-11-22)27(34)42/h1-3,6-7,13-14,16,19-20,22H,4-5,8-12,17H2,(H2,34,42)(H,37,38)(H,35,36,39)/t19-,20-,22+/m1/s1. The van der Waals surface area contributed by atoms with E-state index in [4.69, 9.17) is 27.3 Å². The molecule has 10 nitrogen and oxygen atoms in total. The molecule has 6 rings (SSSR count). The Morgan fingerprint density at radius 3 is 2.62 bits per heavy atom. The highest BCUT2D eigenvalue weighted by Crippen LogP contribution is 2.38. The van der Waals surface area contributed by atoms with E-state index in [9.17, 15) is 10.1 Å². The number of nitrogens with two attached hydrogens (primary N) is 1. The van der Waals surface area contributed by atoms with Crippen LogP contribution < -0.4 is 21.3 Å². The van der Waals surface area contributed by atoms with E-state index in [1.54, 1.807) is 6.20 Å². The zero-order valence-corrected chi connectivity index (χ0v) is 23.7. The first kappa shape index (κ1) is 27.7. The molecule has 42 heavy (non-hydrogen) atoms. The number of halogens is 2. The number of rotatable bonds is 7. The molecule has 0 bridgehead atoms. The molecule has 1 aliphatic heterocycles. The molecule has 4 N–H and O–H groups in total. The number of para-hydroxylation sites is 1. The summed E-state index contributed by atoms with van der Waals surface area (Å²) in [7, 11) is 0. The van der Waals surface area contributed by atoms with Crippen molar-refractivity contribution in [3.63, 3.8) is 0 Å². The Balaban J connectivity index is 1.32. The van der Waals surface area contributed by atoms with Crippen molar-refractivity contribution in [1.29, 1.82) is 5.26 Å². The molecule has 2 aromatic heterocycles. The summed E-state index contributed by atoms with van der Waals surface area (Å²) in [6.45, 7) is 1.82. The Kier molecular flexibility index (Phi) is 7.80. The lowest BCUT2D eigenvalue weighted by molar-refractivity contribution is -0.122. The van der Waals surface area contributed by atoms with Crippen LogP contribution in [0.2, 0.25) is 5.02 Å². The minimum atomic E-state index is -0.663. The quantitative estimate of drug-likeness (QED) is 0.256. The molecule has 1 atom stereocenters. The van der Waals surface area contributed by atoms with Crippen LogP contribution in [0.25, 0.3) is 11.2 Å². The van der Waals surface area contributed by atoms with E-state index in [0.29, 0.717) is 48.7 Å². The molecule has 1 amide bonds. The molecule has 0 spiro atoms. The van der Waals surface area contributed by atoms with Gasteiger partial charge in [-0.15, -0.1) is 0 Å². The number of primary amides is 1. The maximum atomic E-state index is 15.0. The molecular formula is C30H31ClFN9O. The number of fused-ring (bicyclic) bond motifs is 1. The van der Waals surface area contributed by atoms with E-state index in [1.807, 2.05) is 28.8 Å². The van der Waals surface area contributed by atoms with Gasteiger partial charge in [0.2, 0.25) is 17.8 Å². The smallest absolute Gasteiger partial charge is 0.225 e. The number of carbonyl (C=O) groups is 1. The summed E-state index contributed by atoms with van der Waals surface area (Å²) in [4.78, 5) is 28.3. The first-order valence-electron chi connectivity index (χ1n) is 14.2. The molecular weight excluding hydrogens is 557 g/mol. The summed E-state index contributed by atoms with van der Waals surface area (Å²) in [6.07, 6.45) is 6.33. The maximum absolute atomic E-state index is 15.0. The van der Waals surface area contributed by atoms with Gasteiger partial charge in [-0.2, -0.15) is 10.2 Å². The van der Waals surface area contributed by atoms with Crippen molar-refractivity contribution in [2.24, 2.45) is 11.7 Å². The SMILES string of the molecule is N#Cc1cc(F)c(Nc2nc3cnc(N[C@@H]4CCCN(c5ccccc5)C4)nc3n2[C@H]2CC[C@@H](C(N)=O)CC2)c(Cl)c1. The molecule has 2 aliphatic rings. The number of benzene rings is 2. The molecule has 4 aromatic rings. The summed E-state index contributed by atoms with van der Waals surface area (Å²) in [5, 5.41) is 15.8. The van der Waals surface area contributed by atoms with Crippen molar-refractivity contribution in [3.8, 4) is 6.07 Å². The fraction of sp³-hybridized carbons (Fsp3) is 0.367. The number of piperidine rings is 1. The van der Waals surface area contributed by atoms with Crippen molar-refractivity contribution in [2.45, 2.75) is 50.6 Å². The second kappa shape index (κ2) is 11.8. The van der Waals surface area contributed by atoms with Crippen LogP contribution in [-0.2, 0) is 4.79 Å². The Bertz CT molecular complexity index is 1620. The first-order valence-corrected chi connectivity index (χ1v) is 14.5. The van der Waals surface area contributed by atoms with Gasteiger partial charge in [-0.05, 0) is 62.8 Å².